The van der Waals surface area contributed by atoms with Crippen LogP contribution in [-0.2, 0) is 22.4 Å². The Balaban J connectivity index is 1.67. The zero-order valence-corrected chi connectivity index (χ0v) is 22.9. The minimum Gasteiger partial charge on any atom is -0.462 e. The van der Waals surface area contributed by atoms with Gasteiger partial charge in [0.25, 0.3) is 0 Å². The van der Waals surface area contributed by atoms with Crippen LogP contribution in [0.4, 0.5) is 4.39 Å². The van der Waals surface area contributed by atoms with Crippen molar-refractivity contribution in [2.45, 2.75) is 96.8 Å². The molecule has 37 heavy (non-hydrogen) atoms. The number of carbonyl (C=O) groups is 1. The molecule has 0 amide bonds. The van der Waals surface area contributed by atoms with Gasteiger partial charge in [-0.25, -0.2) is 9.18 Å². The van der Waals surface area contributed by atoms with Crippen molar-refractivity contribution in [1.29, 1.82) is 0 Å². The highest BCUT2D eigenvalue weighted by Gasteiger charge is 2.23. The van der Waals surface area contributed by atoms with E-state index in [2.05, 4.69) is 25.6 Å². The first-order valence-corrected chi connectivity index (χ1v) is 14.3. The summed E-state index contributed by atoms with van der Waals surface area (Å²) in [5, 5.41) is 9.30. The van der Waals surface area contributed by atoms with E-state index in [9.17, 15) is 9.90 Å². The Hall–Kier alpha value is -2.46. The Kier molecular flexibility index (Phi) is 11.9. The normalized spacial score (nSPS) is 17.5. The molecule has 0 aliphatic heterocycles. The first-order valence-electron chi connectivity index (χ1n) is 14.3. The van der Waals surface area contributed by atoms with E-state index in [4.69, 9.17) is 4.74 Å². The zero-order chi connectivity index (χ0) is 26.6. The van der Waals surface area contributed by atoms with Gasteiger partial charge < -0.3 is 9.84 Å². The molecular weight excluding hydrogens is 463 g/mol. The number of unbranched alkanes of at least 4 members (excludes halogenated alkanes) is 2. The van der Waals surface area contributed by atoms with Crippen LogP contribution in [0.25, 0.3) is 11.1 Å². The number of hydrogen-bond acceptors (Lipinski definition) is 3. The maximum atomic E-state index is 15.4. The molecule has 4 heteroatoms. The van der Waals surface area contributed by atoms with E-state index in [0.717, 1.165) is 53.9 Å². The van der Waals surface area contributed by atoms with Crippen LogP contribution < -0.4 is 0 Å². The molecule has 0 atom stereocenters. The van der Waals surface area contributed by atoms with Crippen LogP contribution in [0.3, 0.4) is 0 Å². The summed E-state index contributed by atoms with van der Waals surface area (Å²) in [5.41, 5.74) is 5.28. The molecule has 1 N–H and O–H groups in total. The smallest absolute Gasteiger partial charge is 0.333 e. The Morgan fingerprint density at radius 2 is 1.76 bits per heavy atom. The summed E-state index contributed by atoms with van der Waals surface area (Å²) in [6.07, 6.45) is 13.0. The van der Waals surface area contributed by atoms with Gasteiger partial charge in [-0.15, -0.1) is 0 Å². The molecule has 2 aromatic carbocycles. The number of benzene rings is 2. The van der Waals surface area contributed by atoms with Gasteiger partial charge in [-0.1, -0.05) is 69.5 Å². The SMILES string of the molecule is C=C(C)C(=O)OCCCc1cc(-c2ccc(C3CCC(CCCCC)CC3)cc2F)ccc1CCCO. The van der Waals surface area contributed by atoms with Crippen LogP contribution >= 0.6 is 0 Å². The van der Waals surface area contributed by atoms with Gasteiger partial charge in [0, 0.05) is 17.7 Å². The molecule has 0 unspecified atom stereocenters. The molecule has 0 aromatic heterocycles. The van der Waals surface area contributed by atoms with E-state index in [1.165, 1.54) is 38.5 Å². The number of halogens is 1. The van der Waals surface area contributed by atoms with Crippen molar-refractivity contribution >= 4 is 5.97 Å². The van der Waals surface area contributed by atoms with Crippen molar-refractivity contribution in [1.82, 2.24) is 0 Å². The standard InChI is InChI=1S/C33H45FO3/c1-4-5-6-9-25-12-14-27(15-13-25)29-18-19-31(32(34)23-29)30-17-16-26(10-7-20-35)28(22-30)11-8-21-37-33(36)24(2)3/h16-19,22-23,25,27,35H,2,4-15,20-21H2,1,3H3. The number of aliphatic hydroxyl groups is 1. The quantitative estimate of drug-likeness (QED) is 0.158. The predicted octanol–water partition coefficient (Wildman–Crippen LogP) is 8.32. The summed E-state index contributed by atoms with van der Waals surface area (Å²) in [6, 6.07) is 11.9. The second kappa shape index (κ2) is 15.1. The number of hydrogen-bond donors (Lipinski definition) is 1. The summed E-state index contributed by atoms with van der Waals surface area (Å²) in [6.45, 7) is 7.96. The summed E-state index contributed by atoms with van der Waals surface area (Å²) >= 11 is 0. The number of aliphatic hydroxyl groups excluding tert-OH is 1. The number of rotatable bonds is 14. The Morgan fingerprint density at radius 1 is 1.00 bits per heavy atom. The van der Waals surface area contributed by atoms with Crippen LogP contribution in [-0.4, -0.2) is 24.3 Å². The highest BCUT2D eigenvalue weighted by Crippen LogP contribution is 2.39. The second-order valence-corrected chi connectivity index (χ2v) is 10.8. The van der Waals surface area contributed by atoms with Gasteiger partial charge in [0.05, 0.1) is 6.61 Å². The van der Waals surface area contributed by atoms with Gasteiger partial charge >= 0.3 is 5.97 Å². The molecule has 1 saturated carbocycles. The lowest BCUT2D eigenvalue weighted by molar-refractivity contribution is -0.139. The van der Waals surface area contributed by atoms with Crippen LogP contribution in [0.15, 0.2) is 48.6 Å². The first kappa shape index (κ1) is 29.1. The third kappa shape index (κ3) is 8.81. The summed E-state index contributed by atoms with van der Waals surface area (Å²) in [5.74, 6) is 0.775. The molecule has 0 saturated heterocycles. The molecule has 0 heterocycles. The van der Waals surface area contributed by atoms with E-state index in [1.807, 2.05) is 18.2 Å². The summed E-state index contributed by atoms with van der Waals surface area (Å²) < 4.78 is 20.6. The molecule has 1 fully saturated rings. The van der Waals surface area contributed by atoms with Gasteiger partial charge in [-0.3, -0.25) is 0 Å². The number of ether oxygens (including phenoxy) is 1. The topological polar surface area (TPSA) is 46.5 Å². The molecule has 0 radical (unpaired) electrons. The second-order valence-electron chi connectivity index (χ2n) is 10.8. The minimum atomic E-state index is -0.374. The maximum Gasteiger partial charge on any atom is 0.333 e. The molecule has 2 aromatic rings. The molecule has 0 spiro atoms. The highest BCUT2D eigenvalue weighted by atomic mass is 19.1. The largest absolute Gasteiger partial charge is 0.462 e. The van der Waals surface area contributed by atoms with E-state index < -0.39 is 0 Å². The molecule has 3 rings (SSSR count). The summed E-state index contributed by atoms with van der Waals surface area (Å²) in [4.78, 5) is 11.7. The van der Waals surface area contributed by atoms with Crippen molar-refractivity contribution in [2.24, 2.45) is 5.92 Å². The fourth-order valence-corrected chi connectivity index (χ4v) is 5.58. The monoisotopic (exact) mass is 508 g/mol. The van der Waals surface area contributed by atoms with Crippen molar-refractivity contribution < 1.29 is 19.0 Å². The molecule has 0 bridgehead atoms. The lowest BCUT2D eigenvalue weighted by atomic mass is 9.77. The Labute approximate surface area is 223 Å². The van der Waals surface area contributed by atoms with E-state index in [-0.39, 0.29) is 18.4 Å². The highest BCUT2D eigenvalue weighted by molar-refractivity contribution is 5.86. The van der Waals surface area contributed by atoms with Gasteiger partial charge in [-0.2, -0.15) is 0 Å². The Bertz CT molecular complexity index is 1020. The molecule has 202 valence electrons. The molecule has 1 aliphatic rings. The van der Waals surface area contributed by atoms with Gasteiger partial charge in [-0.05, 0) is 98.4 Å². The average Bonchev–Trinajstić information content (AvgIpc) is 2.90. The van der Waals surface area contributed by atoms with E-state index in [0.29, 0.717) is 36.5 Å². The van der Waals surface area contributed by atoms with Crippen LogP contribution in [0.2, 0.25) is 0 Å². The average molecular weight is 509 g/mol. The van der Waals surface area contributed by atoms with Crippen molar-refractivity contribution in [3.63, 3.8) is 0 Å². The first-order chi connectivity index (χ1) is 17.9. The number of carbonyl (C=O) groups excluding carboxylic acids is 1. The lowest BCUT2D eigenvalue weighted by Gasteiger charge is -2.29. The number of aryl methyl sites for hydroxylation is 2. The fourth-order valence-electron chi connectivity index (χ4n) is 5.58. The van der Waals surface area contributed by atoms with Crippen LogP contribution in [0.1, 0.15) is 101 Å². The van der Waals surface area contributed by atoms with Crippen LogP contribution in [0.5, 0.6) is 0 Å². The molecular formula is C33H45FO3. The third-order valence-corrected chi connectivity index (χ3v) is 7.82. The van der Waals surface area contributed by atoms with Crippen molar-refractivity contribution in [3.05, 3.63) is 71.1 Å². The third-order valence-electron chi connectivity index (χ3n) is 7.82. The van der Waals surface area contributed by atoms with Crippen LogP contribution in [0, 0.1) is 11.7 Å². The van der Waals surface area contributed by atoms with Gasteiger partial charge in [0.1, 0.15) is 5.82 Å². The van der Waals surface area contributed by atoms with Crippen molar-refractivity contribution in [2.75, 3.05) is 13.2 Å². The van der Waals surface area contributed by atoms with Gasteiger partial charge in [0.15, 0.2) is 0 Å². The predicted molar refractivity (Wildman–Crippen MR) is 150 cm³/mol. The minimum absolute atomic E-state index is 0.133. The zero-order valence-electron chi connectivity index (χ0n) is 22.9. The van der Waals surface area contributed by atoms with E-state index >= 15 is 4.39 Å². The van der Waals surface area contributed by atoms with Crippen molar-refractivity contribution in [3.8, 4) is 11.1 Å². The van der Waals surface area contributed by atoms with Gasteiger partial charge in [0.2, 0.25) is 0 Å². The molecule has 3 nitrogen and oxygen atoms in total. The van der Waals surface area contributed by atoms with E-state index in [1.54, 1.807) is 13.0 Å². The fraction of sp³-hybridized carbons (Fsp3) is 0.545. The lowest BCUT2D eigenvalue weighted by Crippen LogP contribution is -2.13. The molecule has 1 aliphatic carbocycles. The summed E-state index contributed by atoms with van der Waals surface area (Å²) in [7, 11) is 0. The maximum absolute atomic E-state index is 15.4. The number of esters is 1. The Morgan fingerprint density at radius 3 is 2.43 bits per heavy atom.